The van der Waals surface area contributed by atoms with Gasteiger partial charge in [0.25, 0.3) is 0 Å². The van der Waals surface area contributed by atoms with Crippen LogP contribution in [0.25, 0.3) is 0 Å². The minimum absolute atomic E-state index is 0.0309. The summed E-state index contributed by atoms with van der Waals surface area (Å²) in [6.07, 6.45) is 1.23. The smallest absolute Gasteiger partial charge is 0.223 e. The quantitative estimate of drug-likeness (QED) is 0.614. The molecule has 0 saturated carbocycles. The second kappa shape index (κ2) is 3.25. The van der Waals surface area contributed by atoms with Gasteiger partial charge in [-0.15, -0.1) is 0 Å². The second-order valence-electron chi connectivity index (χ2n) is 3.62. The third kappa shape index (κ3) is 1.49. The van der Waals surface area contributed by atoms with Crippen molar-refractivity contribution in [2.24, 2.45) is 5.92 Å². The van der Waals surface area contributed by atoms with Gasteiger partial charge in [0, 0.05) is 19.4 Å². The Bertz CT molecular complexity index is 211. The van der Waals surface area contributed by atoms with Crippen molar-refractivity contribution in [1.82, 2.24) is 4.90 Å². The van der Waals surface area contributed by atoms with Crippen LogP contribution in [0.5, 0.6) is 0 Å². The maximum absolute atomic E-state index is 11.5. The maximum atomic E-state index is 11.5. The summed E-state index contributed by atoms with van der Waals surface area (Å²) in [7, 11) is 1.71. The monoisotopic (exact) mass is 169 g/mol. The van der Waals surface area contributed by atoms with Gasteiger partial charge in [-0.2, -0.15) is 0 Å². The van der Waals surface area contributed by atoms with E-state index < -0.39 is 0 Å². The molecule has 0 spiro atoms. The molecule has 1 aliphatic heterocycles. The van der Waals surface area contributed by atoms with Gasteiger partial charge in [-0.3, -0.25) is 9.59 Å². The zero-order valence-corrected chi connectivity index (χ0v) is 7.83. The molecule has 3 nitrogen and oxygen atoms in total. The Morgan fingerprint density at radius 1 is 1.58 bits per heavy atom. The number of amides is 1. The zero-order valence-electron chi connectivity index (χ0n) is 7.83. The Balaban J connectivity index is 2.65. The van der Waals surface area contributed by atoms with Gasteiger partial charge in [-0.05, 0) is 6.42 Å². The van der Waals surface area contributed by atoms with E-state index in [1.807, 2.05) is 13.8 Å². The fourth-order valence-corrected chi connectivity index (χ4v) is 1.52. The molecule has 1 atom stereocenters. The SMILES string of the molecule is CC(C)C(=O)C1CCC(=O)N1C. The minimum Gasteiger partial charge on any atom is -0.336 e. The molecule has 12 heavy (non-hydrogen) atoms. The average molecular weight is 169 g/mol. The average Bonchev–Trinajstić information content (AvgIpc) is 2.32. The van der Waals surface area contributed by atoms with Gasteiger partial charge in [0.05, 0.1) is 6.04 Å². The Morgan fingerprint density at radius 3 is 2.50 bits per heavy atom. The van der Waals surface area contributed by atoms with Crippen molar-refractivity contribution in [2.45, 2.75) is 32.7 Å². The molecule has 0 radical (unpaired) electrons. The molecule has 0 N–H and O–H groups in total. The molecule has 0 bridgehead atoms. The van der Waals surface area contributed by atoms with Crippen molar-refractivity contribution in [3.05, 3.63) is 0 Å². The van der Waals surface area contributed by atoms with Crippen LogP contribution in [0, 0.1) is 5.92 Å². The van der Waals surface area contributed by atoms with Crippen LogP contribution in [0.3, 0.4) is 0 Å². The van der Waals surface area contributed by atoms with Crippen LogP contribution in [-0.2, 0) is 9.59 Å². The fourth-order valence-electron chi connectivity index (χ4n) is 1.52. The van der Waals surface area contributed by atoms with Crippen molar-refractivity contribution in [3.63, 3.8) is 0 Å². The summed E-state index contributed by atoms with van der Waals surface area (Å²) in [5.41, 5.74) is 0. The number of Topliss-reactive ketones (excluding diaryl/α,β-unsaturated/α-hetero) is 1. The van der Waals surface area contributed by atoms with E-state index in [0.29, 0.717) is 12.8 Å². The summed E-state index contributed by atoms with van der Waals surface area (Å²) in [4.78, 5) is 24.2. The molecule has 0 aromatic heterocycles. The molecule has 1 fully saturated rings. The first-order valence-electron chi connectivity index (χ1n) is 4.33. The number of ketones is 1. The van der Waals surface area contributed by atoms with Gasteiger partial charge >= 0.3 is 0 Å². The van der Waals surface area contributed by atoms with Crippen molar-refractivity contribution in [2.75, 3.05) is 7.05 Å². The van der Waals surface area contributed by atoms with Gasteiger partial charge in [0.1, 0.15) is 0 Å². The number of likely N-dealkylation sites (N-methyl/N-ethyl adjacent to an activating group) is 1. The van der Waals surface area contributed by atoms with Crippen LogP contribution in [0.15, 0.2) is 0 Å². The summed E-state index contributed by atoms with van der Waals surface area (Å²) >= 11 is 0. The molecule has 0 aromatic carbocycles. The van der Waals surface area contributed by atoms with Crippen LogP contribution in [0.1, 0.15) is 26.7 Å². The number of likely N-dealkylation sites (tertiary alicyclic amines) is 1. The first-order valence-corrected chi connectivity index (χ1v) is 4.33. The molecule has 1 unspecified atom stereocenters. The van der Waals surface area contributed by atoms with Gasteiger partial charge in [0.2, 0.25) is 5.91 Å². The van der Waals surface area contributed by atoms with Gasteiger partial charge < -0.3 is 4.90 Å². The third-order valence-corrected chi connectivity index (χ3v) is 2.39. The fraction of sp³-hybridized carbons (Fsp3) is 0.778. The Kier molecular flexibility index (Phi) is 2.50. The normalized spacial score (nSPS) is 23.8. The van der Waals surface area contributed by atoms with E-state index in [1.54, 1.807) is 11.9 Å². The highest BCUT2D eigenvalue weighted by atomic mass is 16.2. The highest BCUT2D eigenvalue weighted by molar-refractivity contribution is 5.92. The molecule has 68 valence electrons. The van der Waals surface area contributed by atoms with Crippen LogP contribution in [0.2, 0.25) is 0 Å². The van der Waals surface area contributed by atoms with Crippen LogP contribution >= 0.6 is 0 Å². The van der Waals surface area contributed by atoms with E-state index in [1.165, 1.54) is 0 Å². The molecule has 1 heterocycles. The molecule has 0 aromatic rings. The Morgan fingerprint density at radius 2 is 2.17 bits per heavy atom. The number of hydrogen-bond donors (Lipinski definition) is 0. The summed E-state index contributed by atoms with van der Waals surface area (Å²) in [5.74, 6) is 0.306. The predicted octanol–water partition coefficient (Wildman–Crippen LogP) is 0.832. The summed E-state index contributed by atoms with van der Waals surface area (Å²) in [5, 5.41) is 0. The lowest BCUT2D eigenvalue weighted by molar-refractivity contribution is -0.134. The first kappa shape index (κ1) is 9.23. The van der Waals surface area contributed by atoms with E-state index in [-0.39, 0.29) is 23.7 Å². The van der Waals surface area contributed by atoms with Gasteiger partial charge in [0.15, 0.2) is 5.78 Å². The minimum atomic E-state index is -0.155. The zero-order chi connectivity index (χ0) is 9.30. The Labute approximate surface area is 72.7 Å². The van der Waals surface area contributed by atoms with E-state index in [9.17, 15) is 9.59 Å². The summed E-state index contributed by atoms with van der Waals surface area (Å²) < 4.78 is 0. The molecule has 3 heteroatoms. The molecular formula is C9H15NO2. The lowest BCUT2D eigenvalue weighted by atomic mass is 10.0. The van der Waals surface area contributed by atoms with Crippen LogP contribution < -0.4 is 0 Å². The predicted molar refractivity (Wildman–Crippen MR) is 45.6 cm³/mol. The van der Waals surface area contributed by atoms with E-state index in [0.717, 1.165) is 0 Å². The van der Waals surface area contributed by atoms with Crippen LogP contribution in [0.4, 0.5) is 0 Å². The molecule has 1 rings (SSSR count). The largest absolute Gasteiger partial charge is 0.336 e. The number of nitrogens with zero attached hydrogens (tertiary/aromatic N) is 1. The lowest BCUT2D eigenvalue weighted by Crippen LogP contribution is -2.37. The van der Waals surface area contributed by atoms with Crippen molar-refractivity contribution in [1.29, 1.82) is 0 Å². The highest BCUT2D eigenvalue weighted by Crippen LogP contribution is 2.19. The number of rotatable bonds is 2. The van der Waals surface area contributed by atoms with Crippen molar-refractivity contribution >= 4 is 11.7 Å². The third-order valence-electron chi connectivity index (χ3n) is 2.39. The van der Waals surface area contributed by atoms with Gasteiger partial charge in [-0.25, -0.2) is 0 Å². The number of carbonyl (C=O) groups excluding carboxylic acids is 2. The number of hydrogen-bond acceptors (Lipinski definition) is 2. The van der Waals surface area contributed by atoms with Crippen molar-refractivity contribution in [3.8, 4) is 0 Å². The van der Waals surface area contributed by atoms with Crippen LogP contribution in [-0.4, -0.2) is 29.7 Å². The summed E-state index contributed by atoms with van der Waals surface area (Å²) in [6, 6.07) is -0.155. The van der Waals surface area contributed by atoms with E-state index in [2.05, 4.69) is 0 Å². The van der Waals surface area contributed by atoms with E-state index >= 15 is 0 Å². The topological polar surface area (TPSA) is 37.4 Å². The van der Waals surface area contributed by atoms with Gasteiger partial charge in [-0.1, -0.05) is 13.8 Å². The molecule has 1 saturated heterocycles. The maximum Gasteiger partial charge on any atom is 0.223 e. The second-order valence-corrected chi connectivity index (χ2v) is 3.62. The molecule has 0 aliphatic carbocycles. The molecule has 1 aliphatic rings. The molecular weight excluding hydrogens is 154 g/mol. The Hall–Kier alpha value is -0.860. The van der Waals surface area contributed by atoms with Crippen molar-refractivity contribution < 1.29 is 9.59 Å². The summed E-state index contributed by atoms with van der Waals surface area (Å²) in [6.45, 7) is 3.75. The first-order chi connectivity index (χ1) is 5.54. The molecule has 1 amide bonds. The highest BCUT2D eigenvalue weighted by Gasteiger charge is 2.33. The van der Waals surface area contributed by atoms with E-state index in [4.69, 9.17) is 0 Å². The number of carbonyl (C=O) groups is 2. The standard InChI is InChI=1S/C9H15NO2/c1-6(2)9(12)7-4-5-8(11)10(7)3/h6-7H,4-5H2,1-3H3. The lowest BCUT2D eigenvalue weighted by Gasteiger charge is -2.19.